The van der Waals surface area contributed by atoms with E-state index in [0.29, 0.717) is 31.6 Å². The van der Waals surface area contributed by atoms with Gasteiger partial charge >= 0.3 is 0 Å². The maximum absolute atomic E-state index is 12.9. The van der Waals surface area contributed by atoms with Gasteiger partial charge in [0.05, 0.1) is 13.7 Å². The summed E-state index contributed by atoms with van der Waals surface area (Å²) in [7, 11) is 1.60. The van der Waals surface area contributed by atoms with Crippen molar-refractivity contribution in [1.29, 1.82) is 0 Å². The summed E-state index contributed by atoms with van der Waals surface area (Å²) in [6.07, 6.45) is 2.59. The Morgan fingerprint density at radius 3 is 2.50 bits per heavy atom. The molecule has 0 radical (unpaired) electrons. The topological polar surface area (TPSA) is 51.5 Å². The van der Waals surface area contributed by atoms with Crippen LogP contribution in [0.1, 0.15) is 27.0 Å². The molecule has 5 nitrogen and oxygen atoms in total. The maximum atomic E-state index is 12.9. The monoisotopic (exact) mass is 374 g/mol. The number of carbonyl (C=O) groups is 1. The van der Waals surface area contributed by atoms with Crippen LogP contribution in [0.5, 0.6) is 5.75 Å². The average Bonchev–Trinajstić information content (AvgIpc) is 2.74. The first kappa shape index (κ1) is 18.0. The SMILES string of the molecule is COc1ccc(C(=O)N2CCc3cc(=O)n(Cc4ccccc4)cc3C2)cc1. The van der Waals surface area contributed by atoms with Gasteiger partial charge in [-0.1, -0.05) is 30.3 Å². The molecule has 2 aromatic carbocycles. The second-order valence-corrected chi connectivity index (χ2v) is 6.98. The number of aromatic nitrogens is 1. The summed E-state index contributed by atoms with van der Waals surface area (Å²) in [4.78, 5) is 27.2. The summed E-state index contributed by atoms with van der Waals surface area (Å²) in [5.41, 5.74) is 3.78. The zero-order valence-electron chi connectivity index (χ0n) is 15.8. The van der Waals surface area contributed by atoms with Crippen molar-refractivity contribution < 1.29 is 9.53 Å². The highest BCUT2D eigenvalue weighted by Crippen LogP contribution is 2.21. The van der Waals surface area contributed by atoms with Crippen LogP contribution in [-0.2, 0) is 19.5 Å². The van der Waals surface area contributed by atoms with Crippen LogP contribution in [-0.4, -0.2) is 29.0 Å². The lowest BCUT2D eigenvalue weighted by Crippen LogP contribution is -2.37. The van der Waals surface area contributed by atoms with E-state index in [0.717, 1.165) is 22.4 Å². The molecule has 0 atom stereocenters. The molecule has 0 unspecified atom stereocenters. The fourth-order valence-electron chi connectivity index (χ4n) is 3.57. The van der Waals surface area contributed by atoms with Crippen molar-refractivity contribution in [2.75, 3.05) is 13.7 Å². The fraction of sp³-hybridized carbons (Fsp3) is 0.217. The van der Waals surface area contributed by atoms with Gasteiger partial charge in [-0.2, -0.15) is 0 Å². The largest absolute Gasteiger partial charge is 0.497 e. The van der Waals surface area contributed by atoms with Gasteiger partial charge in [0, 0.05) is 30.9 Å². The van der Waals surface area contributed by atoms with Crippen LogP contribution in [0.3, 0.4) is 0 Å². The Labute approximate surface area is 163 Å². The van der Waals surface area contributed by atoms with Crippen LogP contribution in [0, 0.1) is 0 Å². The minimum Gasteiger partial charge on any atom is -0.497 e. The Balaban J connectivity index is 1.56. The van der Waals surface area contributed by atoms with Gasteiger partial charge in [-0.3, -0.25) is 9.59 Å². The molecule has 1 amide bonds. The van der Waals surface area contributed by atoms with E-state index in [9.17, 15) is 9.59 Å². The van der Waals surface area contributed by atoms with Crippen molar-refractivity contribution in [3.05, 3.63) is 99.5 Å². The fourth-order valence-corrected chi connectivity index (χ4v) is 3.57. The number of carbonyl (C=O) groups excluding carboxylic acids is 1. The molecule has 1 aliphatic heterocycles. The molecule has 142 valence electrons. The van der Waals surface area contributed by atoms with E-state index < -0.39 is 0 Å². The number of methoxy groups -OCH3 is 1. The Bertz CT molecular complexity index is 1040. The molecule has 1 aromatic heterocycles. The highest BCUT2D eigenvalue weighted by atomic mass is 16.5. The lowest BCUT2D eigenvalue weighted by molar-refractivity contribution is 0.0734. The number of nitrogens with zero attached hydrogens (tertiary/aromatic N) is 2. The third-order valence-electron chi connectivity index (χ3n) is 5.14. The molecule has 0 bridgehead atoms. The number of hydrogen-bond acceptors (Lipinski definition) is 3. The maximum Gasteiger partial charge on any atom is 0.254 e. The highest BCUT2D eigenvalue weighted by Gasteiger charge is 2.23. The van der Waals surface area contributed by atoms with Gasteiger partial charge in [0.1, 0.15) is 5.75 Å². The smallest absolute Gasteiger partial charge is 0.254 e. The van der Waals surface area contributed by atoms with Gasteiger partial charge in [0.25, 0.3) is 11.5 Å². The molecule has 4 rings (SSSR count). The lowest BCUT2D eigenvalue weighted by atomic mass is 10.0. The minimum absolute atomic E-state index is 0.00228. The Hall–Kier alpha value is -3.34. The van der Waals surface area contributed by atoms with E-state index in [1.165, 1.54) is 0 Å². The normalized spacial score (nSPS) is 13.1. The van der Waals surface area contributed by atoms with Crippen molar-refractivity contribution in [3.63, 3.8) is 0 Å². The predicted molar refractivity (Wildman–Crippen MR) is 108 cm³/mol. The molecule has 0 N–H and O–H groups in total. The van der Waals surface area contributed by atoms with Gasteiger partial charge < -0.3 is 14.2 Å². The molecule has 5 heteroatoms. The van der Waals surface area contributed by atoms with Gasteiger partial charge in [0.2, 0.25) is 0 Å². The first-order valence-electron chi connectivity index (χ1n) is 9.33. The molecule has 0 spiro atoms. The van der Waals surface area contributed by atoms with Crippen LogP contribution >= 0.6 is 0 Å². The minimum atomic E-state index is -0.00545. The van der Waals surface area contributed by atoms with E-state index in [1.54, 1.807) is 42.0 Å². The summed E-state index contributed by atoms with van der Waals surface area (Å²) in [6.45, 7) is 1.65. The van der Waals surface area contributed by atoms with Gasteiger partial charge in [0.15, 0.2) is 0 Å². The average molecular weight is 374 g/mol. The van der Waals surface area contributed by atoms with Crippen molar-refractivity contribution in [2.45, 2.75) is 19.5 Å². The molecule has 3 aromatic rings. The van der Waals surface area contributed by atoms with E-state index in [4.69, 9.17) is 4.74 Å². The molecular formula is C23H22N2O3. The van der Waals surface area contributed by atoms with Crippen LogP contribution < -0.4 is 10.3 Å². The van der Waals surface area contributed by atoms with Gasteiger partial charge in [-0.05, 0) is 47.4 Å². The third kappa shape index (κ3) is 3.69. The summed E-state index contributed by atoms with van der Waals surface area (Å²) in [5.74, 6) is 0.722. The lowest BCUT2D eigenvalue weighted by Gasteiger charge is -2.29. The number of fused-ring (bicyclic) bond motifs is 1. The first-order valence-corrected chi connectivity index (χ1v) is 9.33. The quantitative estimate of drug-likeness (QED) is 0.705. The molecule has 0 fully saturated rings. The number of pyridine rings is 1. The van der Waals surface area contributed by atoms with Gasteiger partial charge in [-0.25, -0.2) is 0 Å². The Kier molecular flexibility index (Phi) is 4.98. The number of hydrogen-bond donors (Lipinski definition) is 0. The molecule has 0 saturated carbocycles. The molecule has 28 heavy (non-hydrogen) atoms. The van der Waals surface area contributed by atoms with Crippen LogP contribution in [0.25, 0.3) is 0 Å². The van der Waals surface area contributed by atoms with Crippen LogP contribution in [0.4, 0.5) is 0 Å². The van der Waals surface area contributed by atoms with E-state index in [-0.39, 0.29) is 11.5 Å². The number of ether oxygens (including phenoxy) is 1. The highest BCUT2D eigenvalue weighted by molar-refractivity contribution is 5.94. The van der Waals surface area contributed by atoms with E-state index >= 15 is 0 Å². The third-order valence-corrected chi connectivity index (χ3v) is 5.14. The van der Waals surface area contributed by atoms with Crippen molar-refractivity contribution >= 4 is 5.91 Å². The molecule has 0 aliphatic carbocycles. The van der Waals surface area contributed by atoms with Crippen molar-refractivity contribution in [3.8, 4) is 5.75 Å². The zero-order valence-corrected chi connectivity index (χ0v) is 15.8. The number of amides is 1. The van der Waals surface area contributed by atoms with Crippen LogP contribution in [0.2, 0.25) is 0 Å². The van der Waals surface area contributed by atoms with Gasteiger partial charge in [-0.15, -0.1) is 0 Å². The zero-order chi connectivity index (χ0) is 19.5. The van der Waals surface area contributed by atoms with Crippen LogP contribution in [0.15, 0.2) is 71.7 Å². The molecule has 2 heterocycles. The van der Waals surface area contributed by atoms with E-state index in [2.05, 4.69) is 0 Å². The summed E-state index contributed by atoms with van der Waals surface area (Å²) >= 11 is 0. The Morgan fingerprint density at radius 1 is 1.04 bits per heavy atom. The summed E-state index contributed by atoms with van der Waals surface area (Å²) < 4.78 is 6.87. The standard InChI is InChI=1S/C23H22N2O3/c1-28-21-9-7-18(8-10-21)23(27)24-12-11-19-13-22(26)25(16-20(19)15-24)14-17-5-3-2-4-6-17/h2-10,13,16H,11-12,14-15H2,1H3. The molecular weight excluding hydrogens is 352 g/mol. The molecule has 0 saturated heterocycles. The summed E-state index contributed by atoms with van der Waals surface area (Å²) in [5, 5.41) is 0. The second-order valence-electron chi connectivity index (χ2n) is 6.98. The van der Waals surface area contributed by atoms with E-state index in [1.807, 2.05) is 41.4 Å². The Morgan fingerprint density at radius 2 is 1.79 bits per heavy atom. The van der Waals surface area contributed by atoms with Crippen molar-refractivity contribution in [2.24, 2.45) is 0 Å². The number of benzene rings is 2. The predicted octanol–water partition coefficient (Wildman–Crippen LogP) is 3.10. The van der Waals surface area contributed by atoms with Crippen molar-refractivity contribution in [1.82, 2.24) is 9.47 Å². The number of rotatable bonds is 4. The first-order chi connectivity index (χ1) is 13.6. The molecule has 1 aliphatic rings. The summed E-state index contributed by atoms with van der Waals surface area (Å²) in [6, 6.07) is 18.8. The second kappa shape index (κ2) is 7.72.